The minimum Gasteiger partial charge on any atom is -0.392 e. The SMILES string of the molecule is O=c1[nH]c2ccc(S(=O)(=O)N3CCCC(O)C3)cc2[nH]1. The number of piperidine rings is 1. The highest BCUT2D eigenvalue weighted by Gasteiger charge is 2.29. The molecule has 1 aromatic heterocycles. The minimum atomic E-state index is -3.64. The smallest absolute Gasteiger partial charge is 0.323 e. The Balaban J connectivity index is 2.01. The molecular weight excluding hydrogens is 282 g/mol. The first-order valence-electron chi connectivity index (χ1n) is 6.37. The second-order valence-electron chi connectivity index (χ2n) is 4.95. The van der Waals surface area contributed by atoms with Crippen molar-refractivity contribution in [2.45, 2.75) is 23.8 Å². The summed E-state index contributed by atoms with van der Waals surface area (Å²) in [6.45, 7) is 0.519. The molecule has 1 fully saturated rings. The standard InChI is InChI=1S/C12H15N3O4S/c16-8-2-1-5-15(7-8)20(18,19)9-3-4-10-11(6-9)14-12(17)13-10/h3-4,6,8,16H,1-2,5,7H2,(H2,13,14,17). The highest BCUT2D eigenvalue weighted by Crippen LogP contribution is 2.22. The lowest BCUT2D eigenvalue weighted by Crippen LogP contribution is -2.42. The molecule has 0 aliphatic carbocycles. The molecule has 2 aromatic rings. The maximum absolute atomic E-state index is 12.5. The van der Waals surface area contributed by atoms with Crippen LogP contribution in [0.5, 0.6) is 0 Å². The molecule has 1 atom stereocenters. The van der Waals surface area contributed by atoms with Crippen molar-refractivity contribution in [2.75, 3.05) is 13.1 Å². The zero-order valence-electron chi connectivity index (χ0n) is 10.7. The van der Waals surface area contributed by atoms with Gasteiger partial charge in [-0.2, -0.15) is 4.31 Å². The number of hydrogen-bond acceptors (Lipinski definition) is 4. The number of H-pyrrole nitrogens is 2. The first-order chi connectivity index (χ1) is 9.46. The first-order valence-corrected chi connectivity index (χ1v) is 7.81. The molecule has 8 heteroatoms. The van der Waals surface area contributed by atoms with Gasteiger partial charge in [-0.1, -0.05) is 0 Å². The second kappa shape index (κ2) is 4.72. The van der Waals surface area contributed by atoms with Crippen LogP contribution in [0.3, 0.4) is 0 Å². The van der Waals surface area contributed by atoms with Crippen LogP contribution in [0, 0.1) is 0 Å². The molecule has 20 heavy (non-hydrogen) atoms. The zero-order chi connectivity index (χ0) is 14.3. The van der Waals surface area contributed by atoms with Crippen molar-refractivity contribution >= 4 is 21.1 Å². The van der Waals surface area contributed by atoms with Gasteiger partial charge in [-0.05, 0) is 31.0 Å². The monoisotopic (exact) mass is 297 g/mol. The van der Waals surface area contributed by atoms with Crippen molar-refractivity contribution in [3.05, 3.63) is 28.7 Å². The van der Waals surface area contributed by atoms with Gasteiger partial charge in [-0.15, -0.1) is 0 Å². The van der Waals surface area contributed by atoms with E-state index in [0.29, 0.717) is 30.4 Å². The average Bonchev–Trinajstić information content (AvgIpc) is 2.77. The number of β-amino-alcohol motifs (C(OH)–C–C–N with tert-alkyl or cyclic N) is 1. The molecule has 0 bridgehead atoms. The molecule has 3 N–H and O–H groups in total. The van der Waals surface area contributed by atoms with Crippen molar-refractivity contribution < 1.29 is 13.5 Å². The number of nitrogens with zero attached hydrogens (tertiary/aromatic N) is 1. The van der Waals surface area contributed by atoms with E-state index in [1.165, 1.54) is 16.4 Å². The summed E-state index contributed by atoms with van der Waals surface area (Å²) in [6, 6.07) is 4.45. The van der Waals surface area contributed by atoms with E-state index >= 15 is 0 Å². The van der Waals surface area contributed by atoms with Gasteiger partial charge in [0.05, 0.1) is 22.0 Å². The molecule has 0 saturated carbocycles. The van der Waals surface area contributed by atoms with Gasteiger partial charge in [0.25, 0.3) is 0 Å². The van der Waals surface area contributed by atoms with Crippen LogP contribution in [0.15, 0.2) is 27.9 Å². The number of imidazole rings is 1. The number of aromatic amines is 2. The number of aromatic nitrogens is 2. The largest absolute Gasteiger partial charge is 0.392 e. The topological polar surface area (TPSA) is 106 Å². The molecule has 1 aliphatic rings. The van der Waals surface area contributed by atoms with Gasteiger partial charge >= 0.3 is 5.69 Å². The van der Waals surface area contributed by atoms with Gasteiger partial charge in [0.15, 0.2) is 0 Å². The molecule has 3 rings (SSSR count). The number of hydrogen-bond donors (Lipinski definition) is 3. The predicted octanol–water partition coefficient (Wildman–Crippen LogP) is 0.00160. The van der Waals surface area contributed by atoms with Crippen LogP contribution >= 0.6 is 0 Å². The third-order valence-electron chi connectivity index (χ3n) is 3.48. The Labute approximate surface area is 115 Å². The van der Waals surface area contributed by atoms with Gasteiger partial charge < -0.3 is 15.1 Å². The Bertz CT molecular complexity index is 792. The van der Waals surface area contributed by atoms with E-state index in [2.05, 4.69) is 9.97 Å². The summed E-state index contributed by atoms with van der Waals surface area (Å²) in [5, 5.41) is 9.61. The molecule has 1 aromatic carbocycles. The van der Waals surface area contributed by atoms with E-state index in [4.69, 9.17) is 0 Å². The summed E-state index contributed by atoms with van der Waals surface area (Å²) < 4.78 is 26.3. The van der Waals surface area contributed by atoms with Crippen LogP contribution < -0.4 is 5.69 Å². The number of sulfonamides is 1. The molecule has 0 amide bonds. The molecule has 108 valence electrons. The summed E-state index contributed by atoms with van der Waals surface area (Å²) in [6.07, 6.45) is 0.647. The van der Waals surface area contributed by atoms with E-state index < -0.39 is 16.1 Å². The number of aliphatic hydroxyl groups is 1. The molecule has 2 heterocycles. The highest BCUT2D eigenvalue weighted by atomic mass is 32.2. The quantitative estimate of drug-likeness (QED) is 0.725. The minimum absolute atomic E-state index is 0.115. The number of rotatable bonds is 2. The summed E-state index contributed by atoms with van der Waals surface area (Å²) in [4.78, 5) is 16.4. The van der Waals surface area contributed by atoms with Crippen LogP contribution in [0.1, 0.15) is 12.8 Å². The van der Waals surface area contributed by atoms with E-state index in [1.807, 2.05) is 0 Å². The lowest BCUT2D eigenvalue weighted by atomic mass is 10.1. The summed E-state index contributed by atoms with van der Waals surface area (Å²) in [5.41, 5.74) is 0.643. The fourth-order valence-electron chi connectivity index (χ4n) is 2.46. The highest BCUT2D eigenvalue weighted by molar-refractivity contribution is 7.89. The van der Waals surface area contributed by atoms with E-state index in [0.717, 1.165) is 0 Å². The summed E-state index contributed by atoms with van der Waals surface area (Å²) in [5.74, 6) is 0. The molecular formula is C12H15N3O4S. The zero-order valence-corrected chi connectivity index (χ0v) is 11.5. The van der Waals surface area contributed by atoms with Crippen LogP contribution in [0.2, 0.25) is 0 Å². The van der Waals surface area contributed by atoms with E-state index in [9.17, 15) is 18.3 Å². The van der Waals surface area contributed by atoms with Crippen LogP contribution in [-0.2, 0) is 10.0 Å². The van der Waals surface area contributed by atoms with Gasteiger partial charge in [0.1, 0.15) is 0 Å². The molecule has 0 spiro atoms. The predicted molar refractivity (Wildman–Crippen MR) is 72.9 cm³/mol. The second-order valence-corrected chi connectivity index (χ2v) is 6.88. The average molecular weight is 297 g/mol. The van der Waals surface area contributed by atoms with Crippen LogP contribution in [-0.4, -0.2) is 47.0 Å². The summed E-state index contributed by atoms with van der Waals surface area (Å²) in [7, 11) is -3.64. The van der Waals surface area contributed by atoms with Crippen LogP contribution in [0.4, 0.5) is 0 Å². The maximum atomic E-state index is 12.5. The molecule has 0 radical (unpaired) electrons. The van der Waals surface area contributed by atoms with Gasteiger partial charge in [-0.3, -0.25) is 0 Å². The Morgan fingerprint density at radius 1 is 1.25 bits per heavy atom. The van der Waals surface area contributed by atoms with Crippen molar-refractivity contribution in [3.63, 3.8) is 0 Å². The fraction of sp³-hybridized carbons (Fsp3) is 0.417. The maximum Gasteiger partial charge on any atom is 0.323 e. The van der Waals surface area contributed by atoms with Crippen molar-refractivity contribution in [2.24, 2.45) is 0 Å². The van der Waals surface area contributed by atoms with Crippen LogP contribution in [0.25, 0.3) is 11.0 Å². The number of fused-ring (bicyclic) bond motifs is 1. The molecule has 7 nitrogen and oxygen atoms in total. The molecule has 1 unspecified atom stereocenters. The van der Waals surface area contributed by atoms with E-state index in [1.54, 1.807) is 6.07 Å². The van der Waals surface area contributed by atoms with Crippen molar-refractivity contribution in [1.82, 2.24) is 14.3 Å². The third kappa shape index (κ3) is 2.26. The third-order valence-corrected chi connectivity index (χ3v) is 5.35. The summed E-state index contributed by atoms with van der Waals surface area (Å²) >= 11 is 0. The Hall–Kier alpha value is -1.64. The number of benzene rings is 1. The van der Waals surface area contributed by atoms with E-state index in [-0.39, 0.29) is 17.1 Å². The van der Waals surface area contributed by atoms with Gasteiger partial charge in [0, 0.05) is 13.1 Å². The van der Waals surface area contributed by atoms with Gasteiger partial charge in [0.2, 0.25) is 10.0 Å². The Kier molecular flexibility index (Phi) is 3.15. The Morgan fingerprint density at radius 3 is 2.75 bits per heavy atom. The number of nitrogens with one attached hydrogen (secondary N) is 2. The normalized spacial score (nSPS) is 21.4. The van der Waals surface area contributed by atoms with Gasteiger partial charge in [-0.25, -0.2) is 13.2 Å². The Morgan fingerprint density at radius 2 is 2.00 bits per heavy atom. The first kappa shape index (κ1) is 13.3. The fourth-order valence-corrected chi connectivity index (χ4v) is 4.00. The number of aliphatic hydroxyl groups excluding tert-OH is 1. The lowest BCUT2D eigenvalue weighted by molar-refractivity contribution is 0.108. The van der Waals surface area contributed by atoms with Crippen molar-refractivity contribution in [1.29, 1.82) is 0 Å². The molecule has 1 aliphatic heterocycles. The lowest BCUT2D eigenvalue weighted by Gasteiger charge is -2.29. The molecule has 1 saturated heterocycles. The van der Waals surface area contributed by atoms with Crippen molar-refractivity contribution in [3.8, 4) is 0 Å².